The number of cyclic esters (lactones) is 1. The van der Waals surface area contributed by atoms with Crippen LogP contribution in [0.4, 0.5) is 0 Å². The maximum Gasteiger partial charge on any atom is 0.339 e. The number of rotatable bonds is 3. The van der Waals surface area contributed by atoms with E-state index in [1.807, 2.05) is 0 Å². The first-order valence-corrected chi connectivity index (χ1v) is 7.15. The molecule has 0 fully saturated rings. The van der Waals surface area contributed by atoms with E-state index in [1.165, 1.54) is 14.1 Å². The van der Waals surface area contributed by atoms with Gasteiger partial charge in [0.05, 0.1) is 12.0 Å². The first-order valence-electron chi connectivity index (χ1n) is 7.15. The standard InChI is InChI=1S/C16H14N2O6/c1-17-13(20)12(14(21)18(2)16(17)23)10(19)7-11-8-5-3-4-6-9(8)15(22)24-11/h3-6,11,20H,7H2,1-2H3/t11-/m1/s1. The van der Waals surface area contributed by atoms with Gasteiger partial charge in [0.25, 0.3) is 5.56 Å². The summed E-state index contributed by atoms with van der Waals surface area (Å²) in [6.45, 7) is 0. The zero-order chi connectivity index (χ0) is 17.6. The van der Waals surface area contributed by atoms with Gasteiger partial charge in [0.1, 0.15) is 11.7 Å². The average Bonchev–Trinajstić information content (AvgIpc) is 2.88. The van der Waals surface area contributed by atoms with E-state index < -0.39 is 40.5 Å². The summed E-state index contributed by atoms with van der Waals surface area (Å²) in [4.78, 5) is 48.2. The first-order chi connectivity index (χ1) is 11.3. The largest absolute Gasteiger partial charge is 0.494 e. The lowest BCUT2D eigenvalue weighted by atomic mass is 9.99. The number of hydrogen-bond acceptors (Lipinski definition) is 6. The molecule has 1 aromatic heterocycles. The van der Waals surface area contributed by atoms with Crippen molar-refractivity contribution in [2.75, 3.05) is 0 Å². The fourth-order valence-corrected chi connectivity index (χ4v) is 2.72. The Labute approximate surface area is 135 Å². The molecule has 8 heteroatoms. The number of ketones is 1. The van der Waals surface area contributed by atoms with Crippen LogP contribution in [0, 0.1) is 0 Å². The number of carbonyl (C=O) groups excluding carboxylic acids is 2. The maximum atomic E-state index is 12.5. The molecule has 0 spiro atoms. The van der Waals surface area contributed by atoms with Crippen molar-refractivity contribution in [3.8, 4) is 5.88 Å². The fourth-order valence-electron chi connectivity index (χ4n) is 2.72. The highest BCUT2D eigenvalue weighted by atomic mass is 16.5. The summed E-state index contributed by atoms with van der Waals surface area (Å²) in [5, 5.41) is 10.00. The summed E-state index contributed by atoms with van der Waals surface area (Å²) in [5.41, 5.74) is -1.21. The van der Waals surface area contributed by atoms with Crippen LogP contribution in [0.5, 0.6) is 5.88 Å². The summed E-state index contributed by atoms with van der Waals surface area (Å²) < 4.78 is 6.72. The van der Waals surface area contributed by atoms with Gasteiger partial charge < -0.3 is 9.84 Å². The minimum atomic E-state index is -0.891. The van der Waals surface area contributed by atoms with Gasteiger partial charge in [0, 0.05) is 19.7 Å². The van der Waals surface area contributed by atoms with Crippen molar-refractivity contribution in [2.24, 2.45) is 14.1 Å². The van der Waals surface area contributed by atoms with Crippen LogP contribution in [0.2, 0.25) is 0 Å². The summed E-state index contributed by atoms with van der Waals surface area (Å²) in [5.74, 6) is -1.95. The summed E-state index contributed by atoms with van der Waals surface area (Å²) >= 11 is 0. The number of nitrogens with zero attached hydrogens (tertiary/aromatic N) is 2. The van der Waals surface area contributed by atoms with Gasteiger partial charge in [-0.25, -0.2) is 9.59 Å². The van der Waals surface area contributed by atoms with Crippen molar-refractivity contribution in [3.63, 3.8) is 0 Å². The molecule has 0 aliphatic carbocycles. The molecule has 24 heavy (non-hydrogen) atoms. The van der Waals surface area contributed by atoms with E-state index in [1.54, 1.807) is 24.3 Å². The van der Waals surface area contributed by atoms with E-state index in [0.717, 1.165) is 9.13 Å². The maximum absolute atomic E-state index is 12.5. The van der Waals surface area contributed by atoms with E-state index in [-0.39, 0.29) is 6.42 Å². The van der Waals surface area contributed by atoms with Gasteiger partial charge in [0.15, 0.2) is 5.78 Å². The zero-order valence-corrected chi connectivity index (χ0v) is 13.0. The molecule has 8 nitrogen and oxygen atoms in total. The number of aromatic nitrogens is 2. The molecule has 1 N–H and O–H groups in total. The molecule has 2 aromatic rings. The number of carbonyl (C=O) groups is 2. The third-order valence-electron chi connectivity index (χ3n) is 4.06. The van der Waals surface area contributed by atoms with E-state index in [0.29, 0.717) is 11.1 Å². The smallest absolute Gasteiger partial charge is 0.339 e. The molecule has 2 heterocycles. The van der Waals surface area contributed by atoms with Crippen LogP contribution >= 0.6 is 0 Å². The van der Waals surface area contributed by atoms with Crippen molar-refractivity contribution < 1.29 is 19.4 Å². The minimum absolute atomic E-state index is 0.302. The molecule has 0 unspecified atom stereocenters. The normalized spacial score (nSPS) is 15.9. The molecule has 0 radical (unpaired) electrons. The molecule has 3 rings (SSSR count). The lowest BCUT2D eigenvalue weighted by Crippen LogP contribution is -2.40. The molecular formula is C16H14N2O6. The van der Waals surface area contributed by atoms with Gasteiger partial charge in [-0.05, 0) is 6.07 Å². The number of fused-ring (bicyclic) bond motifs is 1. The van der Waals surface area contributed by atoms with Crippen molar-refractivity contribution in [2.45, 2.75) is 12.5 Å². The van der Waals surface area contributed by atoms with Crippen molar-refractivity contribution in [3.05, 3.63) is 61.8 Å². The third kappa shape index (κ3) is 2.23. The van der Waals surface area contributed by atoms with Gasteiger partial charge in [0.2, 0.25) is 5.88 Å². The zero-order valence-electron chi connectivity index (χ0n) is 13.0. The van der Waals surface area contributed by atoms with Crippen LogP contribution in [0.15, 0.2) is 33.9 Å². The predicted molar refractivity (Wildman–Crippen MR) is 82.1 cm³/mol. The summed E-state index contributed by atoms with van der Waals surface area (Å²) in [6.07, 6.45) is -1.13. The van der Waals surface area contributed by atoms with Gasteiger partial charge in [-0.2, -0.15) is 0 Å². The summed E-state index contributed by atoms with van der Waals surface area (Å²) in [6, 6.07) is 6.64. The number of esters is 1. The molecule has 1 atom stereocenters. The molecule has 0 saturated carbocycles. The van der Waals surface area contributed by atoms with Crippen molar-refractivity contribution in [1.82, 2.24) is 9.13 Å². The number of benzene rings is 1. The molecule has 0 amide bonds. The molecule has 1 aromatic carbocycles. The first kappa shape index (κ1) is 15.7. The molecule has 124 valence electrons. The average molecular weight is 330 g/mol. The fraction of sp³-hybridized carbons (Fsp3) is 0.250. The Hall–Kier alpha value is -3.16. The van der Waals surface area contributed by atoms with Gasteiger partial charge >= 0.3 is 11.7 Å². The molecule has 1 aliphatic heterocycles. The van der Waals surface area contributed by atoms with Crippen LogP contribution in [-0.2, 0) is 18.8 Å². The minimum Gasteiger partial charge on any atom is -0.494 e. The second-order valence-electron chi connectivity index (χ2n) is 5.51. The monoisotopic (exact) mass is 330 g/mol. The lowest BCUT2D eigenvalue weighted by molar-refractivity contribution is 0.0366. The third-order valence-corrected chi connectivity index (χ3v) is 4.06. The van der Waals surface area contributed by atoms with Crippen LogP contribution in [0.3, 0.4) is 0 Å². The van der Waals surface area contributed by atoms with Gasteiger partial charge in [-0.15, -0.1) is 0 Å². The number of hydrogen-bond donors (Lipinski definition) is 1. The molecule has 0 saturated heterocycles. The number of ether oxygens (including phenoxy) is 1. The number of aromatic hydroxyl groups is 1. The Balaban J connectivity index is 2.00. The quantitative estimate of drug-likeness (QED) is 0.639. The Morgan fingerprint density at radius 1 is 1.17 bits per heavy atom. The van der Waals surface area contributed by atoms with Gasteiger partial charge in [-0.3, -0.25) is 18.7 Å². The van der Waals surface area contributed by atoms with E-state index in [2.05, 4.69) is 0 Å². The van der Waals surface area contributed by atoms with E-state index in [9.17, 15) is 24.3 Å². The van der Waals surface area contributed by atoms with E-state index >= 15 is 0 Å². The van der Waals surface area contributed by atoms with Crippen LogP contribution in [-0.4, -0.2) is 26.0 Å². The highest BCUT2D eigenvalue weighted by Gasteiger charge is 2.34. The highest BCUT2D eigenvalue weighted by Crippen LogP contribution is 2.33. The van der Waals surface area contributed by atoms with Crippen molar-refractivity contribution >= 4 is 11.8 Å². The van der Waals surface area contributed by atoms with Crippen LogP contribution in [0.25, 0.3) is 0 Å². The summed E-state index contributed by atoms with van der Waals surface area (Å²) in [7, 11) is 2.46. The topological polar surface area (TPSA) is 108 Å². The Morgan fingerprint density at radius 3 is 2.54 bits per heavy atom. The Kier molecular flexibility index (Phi) is 3.59. The lowest BCUT2D eigenvalue weighted by Gasteiger charge is -2.12. The Morgan fingerprint density at radius 2 is 1.83 bits per heavy atom. The second kappa shape index (κ2) is 5.48. The Bertz CT molecular complexity index is 985. The van der Waals surface area contributed by atoms with Gasteiger partial charge in [-0.1, -0.05) is 18.2 Å². The predicted octanol–water partition coefficient (Wildman–Crippen LogP) is 0.274. The van der Waals surface area contributed by atoms with Crippen LogP contribution < -0.4 is 11.2 Å². The van der Waals surface area contributed by atoms with Crippen molar-refractivity contribution in [1.29, 1.82) is 0 Å². The highest BCUT2D eigenvalue weighted by molar-refractivity contribution is 6.00. The number of Topliss-reactive ketones (excluding diaryl/α,β-unsaturated/α-hetero) is 1. The molecule has 1 aliphatic rings. The molecular weight excluding hydrogens is 316 g/mol. The second-order valence-corrected chi connectivity index (χ2v) is 5.51. The van der Waals surface area contributed by atoms with Crippen LogP contribution in [0.1, 0.15) is 38.8 Å². The SMILES string of the molecule is Cn1c(O)c(C(=O)C[C@H]2OC(=O)c3ccccc32)c(=O)n(C)c1=O. The molecule has 0 bridgehead atoms. The van der Waals surface area contributed by atoms with E-state index in [4.69, 9.17) is 4.74 Å².